The summed E-state index contributed by atoms with van der Waals surface area (Å²) in [4.78, 5) is 35.5. The summed E-state index contributed by atoms with van der Waals surface area (Å²) in [6, 6.07) is 1.00. The fraction of sp³-hybridized carbons (Fsp3) is 0.455. The number of amides is 2. The van der Waals surface area contributed by atoms with Gasteiger partial charge in [0.15, 0.2) is 5.82 Å². The molecule has 1 saturated heterocycles. The van der Waals surface area contributed by atoms with E-state index in [1.54, 1.807) is 0 Å². The zero-order valence-corrected chi connectivity index (χ0v) is 11.6. The maximum Gasteiger partial charge on any atom is 0.325 e. The summed E-state index contributed by atoms with van der Waals surface area (Å²) in [5.74, 6) is -0.155. The molecule has 1 aliphatic rings. The minimum Gasteiger partial charge on any atom is -0.480 e. The fourth-order valence-corrected chi connectivity index (χ4v) is 3.05. The van der Waals surface area contributed by atoms with Crippen molar-refractivity contribution in [1.29, 1.82) is 0 Å². The molecule has 20 heavy (non-hydrogen) atoms. The lowest BCUT2D eigenvalue weighted by Crippen LogP contribution is -2.43. The molecule has 0 unspecified atom stereocenters. The van der Waals surface area contributed by atoms with Crippen LogP contribution in [0.5, 0.6) is 0 Å². The second-order valence-electron chi connectivity index (χ2n) is 4.29. The number of carboxylic acid groups (broad SMARTS) is 1. The first-order chi connectivity index (χ1) is 9.47. The van der Waals surface area contributed by atoms with Crippen LogP contribution in [-0.2, 0) is 20.9 Å². The Balaban J connectivity index is 1.99. The number of hydrogen-bond donors (Lipinski definition) is 2. The van der Waals surface area contributed by atoms with Gasteiger partial charge >= 0.3 is 5.97 Å². The van der Waals surface area contributed by atoms with Crippen LogP contribution >= 0.6 is 11.8 Å². The number of carbonyl (C=O) groups excluding carboxylic acids is 2. The van der Waals surface area contributed by atoms with Gasteiger partial charge in [0.25, 0.3) is 0 Å². The minimum atomic E-state index is -1.01. The van der Waals surface area contributed by atoms with Gasteiger partial charge in [-0.15, -0.1) is 11.8 Å². The van der Waals surface area contributed by atoms with Crippen LogP contribution in [0.25, 0.3) is 0 Å². The Bertz CT molecular complexity index is 544. The number of hydrogen-bond acceptors (Lipinski definition) is 5. The summed E-state index contributed by atoms with van der Waals surface area (Å²) < 4.78 is 1.21. The van der Waals surface area contributed by atoms with Gasteiger partial charge in [-0.25, -0.2) is 0 Å². The second-order valence-corrected chi connectivity index (χ2v) is 5.29. The third-order valence-electron chi connectivity index (χ3n) is 2.78. The van der Waals surface area contributed by atoms with Crippen LogP contribution < -0.4 is 5.32 Å². The molecule has 1 fully saturated rings. The molecule has 0 spiro atoms. The summed E-state index contributed by atoms with van der Waals surface area (Å²) in [5, 5.41) is 15.1. The summed E-state index contributed by atoms with van der Waals surface area (Å²) in [5.41, 5.74) is 0. The number of carboxylic acids is 1. The summed E-state index contributed by atoms with van der Waals surface area (Å²) in [6.07, 6.45) is 1.47. The lowest BCUT2D eigenvalue weighted by atomic mass is 10.2. The van der Waals surface area contributed by atoms with Gasteiger partial charge in [0.05, 0.1) is 5.88 Å². The molecule has 0 aromatic carbocycles. The molecule has 2 amide bonds. The zero-order chi connectivity index (χ0) is 14.7. The third kappa shape index (κ3) is 3.29. The molecular formula is C11H14N4O4S. The van der Waals surface area contributed by atoms with E-state index in [1.807, 2.05) is 0 Å². The Morgan fingerprint density at radius 1 is 1.55 bits per heavy atom. The van der Waals surface area contributed by atoms with Gasteiger partial charge in [-0.3, -0.25) is 19.1 Å². The van der Waals surface area contributed by atoms with E-state index in [-0.39, 0.29) is 24.2 Å². The second kappa shape index (κ2) is 5.95. The Labute approximate surface area is 119 Å². The number of nitrogens with zero attached hydrogens (tertiary/aromatic N) is 3. The summed E-state index contributed by atoms with van der Waals surface area (Å²) in [7, 11) is 0. The first-order valence-electron chi connectivity index (χ1n) is 5.88. The van der Waals surface area contributed by atoms with Crippen LogP contribution in [0.2, 0.25) is 0 Å². The largest absolute Gasteiger partial charge is 0.480 e. The molecule has 1 aliphatic heterocycles. The molecule has 1 aromatic rings. The van der Waals surface area contributed by atoms with Crippen molar-refractivity contribution in [1.82, 2.24) is 14.7 Å². The van der Waals surface area contributed by atoms with Gasteiger partial charge in [0.2, 0.25) is 11.8 Å². The van der Waals surface area contributed by atoms with Crippen molar-refractivity contribution >= 4 is 35.4 Å². The molecule has 0 bridgehead atoms. The number of aromatic nitrogens is 2. The molecule has 0 radical (unpaired) electrons. The molecule has 0 saturated carbocycles. The molecular weight excluding hydrogens is 284 g/mol. The van der Waals surface area contributed by atoms with E-state index in [1.165, 1.54) is 40.5 Å². The van der Waals surface area contributed by atoms with Crippen LogP contribution in [0.1, 0.15) is 6.92 Å². The van der Waals surface area contributed by atoms with Crippen LogP contribution in [-0.4, -0.2) is 55.2 Å². The maximum absolute atomic E-state index is 12.1. The number of nitrogens with one attached hydrogen (secondary N) is 1. The van der Waals surface area contributed by atoms with Crippen LogP contribution in [0.15, 0.2) is 12.3 Å². The normalized spacial score (nSPS) is 18.1. The van der Waals surface area contributed by atoms with Crippen molar-refractivity contribution in [2.45, 2.75) is 19.5 Å². The van der Waals surface area contributed by atoms with E-state index < -0.39 is 12.0 Å². The monoisotopic (exact) mass is 298 g/mol. The van der Waals surface area contributed by atoms with Crippen LogP contribution in [0, 0.1) is 0 Å². The third-order valence-corrected chi connectivity index (χ3v) is 3.79. The number of thioether (sulfide) groups is 1. The van der Waals surface area contributed by atoms with E-state index in [9.17, 15) is 14.4 Å². The molecule has 9 heteroatoms. The first-order valence-corrected chi connectivity index (χ1v) is 7.04. The van der Waals surface area contributed by atoms with Gasteiger partial charge in [0.1, 0.15) is 12.6 Å². The lowest BCUT2D eigenvalue weighted by Gasteiger charge is -2.20. The fourth-order valence-electron chi connectivity index (χ4n) is 1.83. The predicted molar refractivity (Wildman–Crippen MR) is 72.1 cm³/mol. The van der Waals surface area contributed by atoms with Crippen molar-refractivity contribution in [3.63, 3.8) is 0 Å². The first kappa shape index (κ1) is 14.4. The van der Waals surface area contributed by atoms with Crippen molar-refractivity contribution < 1.29 is 19.5 Å². The molecule has 1 aromatic heterocycles. The molecule has 108 valence electrons. The van der Waals surface area contributed by atoms with Gasteiger partial charge < -0.3 is 15.3 Å². The highest BCUT2D eigenvalue weighted by Gasteiger charge is 2.33. The van der Waals surface area contributed by atoms with E-state index in [4.69, 9.17) is 5.11 Å². The van der Waals surface area contributed by atoms with E-state index >= 15 is 0 Å². The number of aliphatic carboxylic acids is 1. The number of anilines is 1. The van der Waals surface area contributed by atoms with Gasteiger partial charge in [-0.2, -0.15) is 5.10 Å². The highest BCUT2D eigenvalue weighted by molar-refractivity contribution is 7.99. The zero-order valence-electron chi connectivity index (χ0n) is 10.8. The van der Waals surface area contributed by atoms with Crippen LogP contribution in [0.4, 0.5) is 5.82 Å². The quantitative estimate of drug-likeness (QED) is 0.799. The Morgan fingerprint density at radius 2 is 2.30 bits per heavy atom. The summed E-state index contributed by atoms with van der Waals surface area (Å²) in [6.45, 7) is 1.16. The minimum absolute atomic E-state index is 0.147. The topological polar surface area (TPSA) is 105 Å². The summed E-state index contributed by atoms with van der Waals surface area (Å²) >= 11 is 1.51. The van der Waals surface area contributed by atoms with E-state index in [0.717, 1.165) is 0 Å². The maximum atomic E-state index is 12.1. The van der Waals surface area contributed by atoms with Crippen molar-refractivity contribution in [2.75, 3.05) is 16.9 Å². The Kier molecular flexibility index (Phi) is 4.28. The molecule has 2 N–H and O–H groups in total. The van der Waals surface area contributed by atoms with Crippen molar-refractivity contribution in [3.8, 4) is 0 Å². The molecule has 1 atom stereocenters. The SMILES string of the molecule is CC(=O)N1CSC[C@H]1C(=O)Nc1ccn(CC(=O)O)n1. The lowest BCUT2D eigenvalue weighted by molar-refractivity contribution is -0.138. The highest BCUT2D eigenvalue weighted by Crippen LogP contribution is 2.21. The molecule has 2 rings (SSSR count). The molecule has 2 heterocycles. The van der Waals surface area contributed by atoms with Gasteiger partial charge in [-0.1, -0.05) is 0 Å². The van der Waals surface area contributed by atoms with Gasteiger partial charge in [-0.05, 0) is 0 Å². The average molecular weight is 298 g/mol. The van der Waals surface area contributed by atoms with Crippen molar-refractivity contribution in [2.24, 2.45) is 0 Å². The standard InChI is InChI=1S/C11H14N4O4S/c1-7(16)15-6-20-5-8(15)11(19)12-9-2-3-14(13-9)4-10(17)18/h2-3,8H,4-6H2,1H3,(H,17,18)(H,12,13,19)/t8-/m0/s1. The Morgan fingerprint density at radius 3 is 2.95 bits per heavy atom. The number of carbonyl (C=O) groups is 3. The number of rotatable bonds is 4. The van der Waals surface area contributed by atoms with Crippen LogP contribution in [0.3, 0.4) is 0 Å². The van der Waals surface area contributed by atoms with Crippen molar-refractivity contribution in [3.05, 3.63) is 12.3 Å². The Hall–Kier alpha value is -2.03. The van der Waals surface area contributed by atoms with E-state index in [2.05, 4.69) is 10.4 Å². The average Bonchev–Trinajstić information content (AvgIpc) is 2.96. The smallest absolute Gasteiger partial charge is 0.325 e. The highest BCUT2D eigenvalue weighted by atomic mass is 32.2. The predicted octanol–water partition coefficient (Wildman–Crippen LogP) is -0.172. The molecule has 8 nitrogen and oxygen atoms in total. The van der Waals surface area contributed by atoms with E-state index in [0.29, 0.717) is 11.6 Å². The van der Waals surface area contributed by atoms with Gasteiger partial charge in [0, 0.05) is 24.9 Å². The molecule has 0 aliphatic carbocycles.